The molecule has 0 saturated heterocycles. The van der Waals surface area contributed by atoms with E-state index in [4.69, 9.17) is 14.2 Å². The number of carbonyl (C=O) groups is 3. The summed E-state index contributed by atoms with van der Waals surface area (Å²) < 4.78 is 16.8. The minimum Gasteiger partial charge on any atom is -0.462 e. The second-order valence-electron chi connectivity index (χ2n) is 18.1. The normalized spacial score (nSPS) is 12.7. The van der Waals surface area contributed by atoms with E-state index in [9.17, 15) is 14.4 Å². The lowest BCUT2D eigenvalue weighted by Gasteiger charge is -2.18. The van der Waals surface area contributed by atoms with E-state index in [1.807, 2.05) is 0 Å². The van der Waals surface area contributed by atoms with Crippen molar-refractivity contribution in [1.29, 1.82) is 0 Å². The van der Waals surface area contributed by atoms with Crippen LogP contribution in [0.3, 0.4) is 0 Å². The maximum atomic E-state index is 12.8. The Morgan fingerprint density at radius 2 is 0.636 bits per heavy atom. The molecule has 1 unspecified atom stereocenters. The minimum atomic E-state index is -0.795. The maximum absolute atomic E-state index is 12.8. The van der Waals surface area contributed by atoms with Crippen molar-refractivity contribution in [3.05, 3.63) is 85.1 Å². The van der Waals surface area contributed by atoms with Crippen molar-refractivity contribution >= 4 is 17.9 Å². The number of carbonyl (C=O) groups excluding carboxylic acids is 3. The number of allylic oxidation sites excluding steroid dienone is 14. The largest absolute Gasteiger partial charge is 0.462 e. The SMILES string of the molecule is CC/C=C\C/C=C\C/C=C\C/C=C\C/C=C\CCCCCC(=O)OCC(COC(=O)CCCCCCCCCCCCCCCC)OC(=O)CCCCCCCC/C=C\C=C/CCCCC. The molecule has 0 heterocycles. The maximum Gasteiger partial charge on any atom is 0.306 e. The number of esters is 3. The van der Waals surface area contributed by atoms with Gasteiger partial charge in [0.2, 0.25) is 0 Å². The van der Waals surface area contributed by atoms with Crippen molar-refractivity contribution in [1.82, 2.24) is 0 Å². The van der Waals surface area contributed by atoms with Crippen LogP contribution in [0.1, 0.15) is 258 Å². The summed E-state index contributed by atoms with van der Waals surface area (Å²) in [5.41, 5.74) is 0. The number of hydrogen-bond acceptors (Lipinski definition) is 6. The third-order valence-corrected chi connectivity index (χ3v) is 11.7. The standard InChI is InChI=1S/C60H102O6/c1-4-7-10-13-16-19-22-25-28-29-30-31-33-35-38-41-44-47-50-53-59(62)65-56-57(55-64-58(61)52-49-46-43-40-37-34-27-24-21-18-15-12-9-6-3)66-60(63)54-51-48-45-42-39-36-32-26-23-20-17-14-11-8-5-2/h7,10,16-17,19-20,23,25-26,28,30-31,35,38,57H,4-6,8-9,11-15,18,21-22,24,27,29,32-34,36-37,39-56H2,1-3H3/b10-7-,19-16-,20-17-,26-23-,28-25-,31-30-,38-35-. The van der Waals surface area contributed by atoms with Crippen molar-refractivity contribution in [2.24, 2.45) is 0 Å². The Balaban J connectivity index is 4.45. The third-order valence-electron chi connectivity index (χ3n) is 11.7. The molecular weight excluding hydrogens is 817 g/mol. The van der Waals surface area contributed by atoms with E-state index >= 15 is 0 Å². The highest BCUT2D eigenvalue weighted by molar-refractivity contribution is 5.71. The van der Waals surface area contributed by atoms with Crippen LogP contribution in [0.5, 0.6) is 0 Å². The Hall–Kier alpha value is -3.41. The number of ether oxygens (including phenoxy) is 3. The summed E-state index contributed by atoms with van der Waals surface area (Å²) in [6.45, 7) is 6.47. The van der Waals surface area contributed by atoms with Gasteiger partial charge in [0.15, 0.2) is 6.10 Å². The van der Waals surface area contributed by atoms with Gasteiger partial charge in [-0.25, -0.2) is 0 Å². The fourth-order valence-electron chi connectivity index (χ4n) is 7.52. The quantitative estimate of drug-likeness (QED) is 0.0199. The van der Waals surface area contributed by atoms with E-state index in [0.717, 1.165) is 109 Å². The van der Waals surface area contributed by atoms with Crippen LogP contribution in [0.25, 0.3) is 0 Å². The van der Waals surface area contributed by atoms with Crippen molar-refractivity contribution in [3.63, 3.8) is 0 Å². The first-order chi connectivity index (χ1) is 32.5. The molecule has 66 heavy (non-hydrogen) atoms. The Morgan fingerprint density at radius 1 is 0.333 bits per heavy atom. The van der Waals surface area contributed by atoms with E-state index in [2.05, 4.69) is 106 Å². The van der Waals surface area contributed by atoms with Crippen molar-refractivity contribution < 1.29 is 28.6 Å². The molecule has 0 bridgehead atoms. The summed E-state index contributed by atoms with van der Waals surface area (Å²) in [5, 5.41) is 0. The molecule has 6 nitrogen and oxygen atoms in total. The zero-order valence-corrected chi connectivity index (χ0v) is 43.2. The second kappa shape index (κ2) is 54.2. The third kappa shape index (κ3) is 51.6. The highest BCUT2D eigenvalue weighted by Gasteiger charge is 2.19. The lowest BCUT2D eigenvalue weighted by atomic mass is 10.0. The van der Waals surface area contributed by atoms with Crippen LogP contribution in [-0.4, -0.2) is 37.2 Å². The lowest BCUT2D eigenvalue weighted by molar-refractivity contribution is -0.167. The first kappa shape index (κ1) is 62.6. The predicted octanol–water partition coefficient (Wildman–Crippen LogP) is 18.4. The molecule has 0 aromatic heterocycles. The molecular formula is C60H102O6. The van der Waals surface area contributed by atoms with Gasteiger partial charge in [0.05, 0.1) is 0 Å². The second-order valence-corrected chi connectivity index (χ2v) is 18.1. The van der Waals surface area contributed by atoms with Crippen LogP contribution in [0.4, 0.5) is 0 Å². The summed E-state index contributed by atoms with van der Waals surface area (Å²) >= 11 is 0. The average Bonchev–Trinajstić information content (AvgIpc) is 3.31. The molecule has 0 aliphatic rings. The topological polar surface area (TPSA) is 78.9 Å². The van der Waals surface area contributed by atoms with Crippen LogP contribution >= 0.6 is 0 Å². The Morgan fingerprint density at radius 3 is 1.06 bits per heavy atom. The molecule has 0 N–H and O–H groups in total. The summed E-state index contributed by atoms with van der Waals surface area (Å²) in [7, 11) is 0. The average molecular weight is 919 g/mol. The molecule has 378 valence electrons. The minimum absolute atomic E-state index is 0.0905. The Labute approximate surface area is 407 Å². The summed E-state index contributed by atoms with van der Waals surface area (Å²) in [5.74, 6) is -0.931. The molecule has 0 rings (SSSR count). The van der Waals surface area contributed by atoms with Gasteiger partial charge in [0.25, 0.3) is 0 Å². The van der Waals surface area contributed by atoms with E-state index in [0.29, 0.717) is 19.3 Å². The zero-order chi connectivity index (χ0) is 47.9. The van der Waals surface area contributed by atoms with Crippen LogP contribution in [-0.2, 0) is 28.6 Å². The molecule has 0 aromatic carbocycles. The predicted molar refractivity (Wildman–Crippen MR) is 284 cm³/mol. The van der Waals surface area contributed by atoms with Gasteiger partial charge in [-0.15, -0.1) is 0 Å². The fraction of sp³-hybridized carbons (Fsp3) is 0.717. The molecule has 1 atom stereocenters. The molecule has 0 saturated carbocycles. The fourth-order valence-corrected chi connectivity index (χ4v) is 7.52. The molecule has 0 fully saturated rings. The first-order valence-electron chi connectivity index (χ1n) is 27.6. The van der Waals surface area contributed by atoms with Gasteiger partial charge in [-0.05, 0) is 89.9 Å². The van der Waals surface area contributed by atoms with Crippen LogP contribution in [0, 0.1) is 0 Å². The van der Waals surface area contributed by atoms with Crippen molar-refractivity contribution in [2.75, 3.05) is 13.2 Å². The molecule has 0 spiro atoms. The molecule has 0 aliphatic heterocycles. The van der Waals surface area contributed by atoms with Gasteiger partial charge in [0, 0.05) is 19.3 Å². The van der Waals surface area contributed by atoms with E-state index in [-0.39, 0.29) is 31.1 Å². The number of unbranched alkanes of at least 4 members (excludes halogenated alkanes) is 25. The van der Waals surface area contributed by atoms with E-state index in [1.165, 1.54) is 109 Å². The van der Waals surface area contributed by atoms with Crippen LogP contribution in [0.15, 0.2) is 85.1 Å². The van der Waals surface area contributed by atoms with Gasteiger partial charge >= 0.3 is 17.9 Å². The number of hydrogen-bond donors (Lipinski definition) is 0. The highest BCUT2D eigenvalue weighted by atomic mass is 16.6. The van der Waals surface area contributed by atoms with E-state index in [1.54, 1.807) is 0 Å². The molecule has 0 radical (unpaired) electrons. The zero-order valence-electron chi connectivity index (χ0n) is 43.2. The highest BCUT2D eigenvalue weighted by Crippen LogP contribution is 2.15. The smallest absolute Gasteiger partial charge is 0.306 e. The summed E-state index contributed by atoms with van der Waals surface area (Å²) in [6.07, 6.45) is 69.9. The first-order valence-corrected chi connectivity index (χ1v) is 27.6. The van der Waals surface area contributed by atoms with Gasteiger partial charge in [-0.2, -0.15) is 0 Å². The lowest BCUT2D eigenvalue weighted by Crippen LogP contribution is -2.30. The molecule has 0 amide bonds. The van der Waals surface area contributed by atoms with Crippen molar-refractivity contribution in [3.8, 4) is 0 Å². The Kier molecular flexibility index (Phi) is 51.4. The van der Waals surface area contributed by atoms with E-state index < -0.39 is 6.10 Å². The van der Waals surface area contributed by atoms with Gasteiger partial charge in [0.1, 0.15) is 13.2 Å². The summed E-state index contributed by atoms with van der Waals surface area (Å²) in [4.78, 5) is 38.1. The van der Waals surface area contributed by atoms with Crippen LogP contribution < -0.4 is 0 Å². The van der Waals surface area contributed by atoms with Gasteiger partial charge in [-0.1, -0.05) is 234 Å². The molecule has 0 aromatic rings. The van der Waals surface area contributed by atoms with Crippen LogP contribution in [0.2, 0.25) is 0 Å². The van der Waals surface area contributed by atoms with Crippen molar-refractivity contribution in [2.45, 2.75) is 264 Å². The summed E-state index contributed by atoms with van der Waals surface area (Å²) in [6, 6.07) is 0. The van der Waals surface area contributed by atoms with Gasteiger partial charge in [-0.3, -0.25) is 14.4 Å². The molecule has 0 aliphatic carbocycles. The molecule has 6 heteroatoms. The van der Waals surface area contributed by atoms with Gasteiger partial charge < -0.3 is 14.2 Å². The number of rotatable bonds is 49. The monoisotopic (exact) mass is 919 g/mol. The Bertz CT molecular complexity index is 1290.